The van der Waals surface area contributed by atoms with E-state index in [1.807, 2.05) is 6.92 Å². The van der Waals surface area contributed by atoms with Gasteiger partial charge in [-0.3, -0.25) is 10.1 Å². The molecule has 1 heterocycles. The van der Waals surface area contributed by atoms with Gasteiger partial charge in [0.1, 0.15) is 5.75 Å². The molecule has 6 nitrogen and oxygen atoms in total. The second kappa shape index (κ2) is 4.48. The number of nitro benzene ring substituents is 1. The van der Waals surface area contributed by atoms with E-state index in [1.54, 1.807) is 12.1 Å². The number of pyridine rings is 1. The van der Waals surface area contributed by atoms with Gasteiger partial charge in [-0.25, -0.2) is 4.98 Å². The minimum absolute atomic E-state index is 0.0622. The number of methoxy groups -OCH3 is 2. The van der Waals surface area contributed by atoms with Crippen LogP contribution in [0.25, 0.3) is 10.9 Å². The summed E-state index contributed by atoms with van der Waals surface area (Å²) in [6, 6.07) is 4.72. The van der Waals surface area contributed by atoms with Gasteiger partial charge in [0.15, 0.2) is 5.52 Å². The van der Waals surface area contributed by atoms with E-state index in [4.69, 9.17) is 9.47 Å². The molecule has 0 aliphatic carbocycles. The maximum atomic E-state index is 11.0. The van der Waals surface area contributed by atoms with Crippen LogP contribution < -0.4 is 9.47 Å². The maximum Gasteiger partial charge on any atom is 0.295 e. The third kappa shape index (κ3) is 1.81. The molecule has 94 valence electrons. The zero-order valence-corrected chi connectivity index (χ0v) is 10.3. The van der Waals surface area contributed by atoms with Crippen molar-refractivity contribution in [3.8, 4) is 11.6 Å². The number of hydrogen-bond donors (Lipinski definition) is 0. The molecule has 6 heteroatoms. The summed E-state index contributed by atoms with van der Waals surface area (Å²) < 4.78 is 10.3. The van der Waals surface area contributed by atoms with Gasteiger partial charge in [-0.1, -0.05) is 6.07 Å². The molecular formula is C12H12N2O4. The second-order valence-corrected chi connectivity index (χ2v) is 3.75. The molecule has 0 radical (unpaired) electrons. The van der Waals surface area contributed by atoms with Crippen molar-refractivity contribution in [3.63, 3.8) is 0 Å². The summed E-state index contributed by atoms with van der Waals surface area (Å²) in [5.74, 6) is 0.797. The Bertz CT molecular complexity index is 625. The first-order valence-corrected chi connectivity index (χ1v) is 5.25. The predicted octanol–water partition coefficient (Wildman–Crippen LogP) is 2.47. The highest BCUT2D eigenvalue weighted by molar-refractivity contribution is 5.95. The normalized spacial score (nSPS) is 10.4. The van der Waals surface area contributed by atoms with Crippen molar-refractivity contribution >= 4 is 16.6 Å². The molecule has 0 aliphatic rings. The number of fused-ring (bicyclic) bond motifs is 1. The largest absolute Gasteiger partial charge is 0.496 e. The molecule has 0 saturated heterocycles. The van der Waals surface area contributed by atoms with Crippen LogP contribution >= 0.6 is 0 Å². The Hall–Kier alpha value is -2.37. The molecule has 18 heavy (non-hydrogen) atoms. The molecule has 0 N–H and O–H groups in total. The first-order valence-electron chi connectivity index (χ1n) is 5.25. The maximum absolute atomic E-state index is 11.0. The fraction of sp³-hybridized carbons (Fsp3) is 0.250. The topological polar surface area (TPSA) is 74.5 Å². The molecule has 0 amide bonds. The Morgan fingerprint density at radius 2 is 2.00 bits per heavy atom. The van der Waals surface area contributed by atoms with Crippen molar-refractivity contribution in [2.75, 3.05) is 14.2 Å². The van der Waals surface area contributed by atoms with Gasteiger partial charge >= 0.3 is 0 Å². The van der Waals surface area contributed by atoms with Gasteiger partial charge in [0.05, 0.1) is 24.5 Å². The number of nitro groups is 1. The van der Waals surface area contributed by atoms with Gasteiger partial charge < -0.3 is 9.47 Å². The summed E-state index contributed by atoms with van der Waals surface area (Å²) in [6.07, 6.45) is 0. The van der Waals surface area contributed by atoms with Crippen LogP contribution in [0.15, 0.2) is 18.2 Å². The molecule has 0 atom stereocenters. The molecule has 0 spiro atoms. The average Bonchev–Trinajstić information content (AvgIpc) is 2.37. The number of non-ortho nitro benzene ring substituents is 1. The van der Waals surface area contributed by atoms with Crippen molar-refractivity contribution in [1.82, 2.24) is 4.98 Å². The lowest BCUT2D eigenvalue weighted by Crippen LogP contribution is -1.97. The summed E-state index contributed by atoms with van der Waals surface area (Å²) in [5, 5.41) is 11.6. The van der Waals surface area contributed by atoms with Crippen molar-refractivity contribution < 1.29 is 14.4 Å². The first-order chi connectivity index (χ1) is 8.58. The van der Waals surface area contributed by atoms with E-state index in [0.29, 0.717) is 11.1 Å². The van der Waals surface area contributed by atoms with Gasteiger partial charge in [0, 0.05) is 12.1 Å². The number of ether oxygens (including phenoxy) is 2. The third-order valence-electron chi connectivity index (χ3n) is 2.71. The van der Waals surface area contributed by atoms with E-state index in [9.17, 15) is 10.1 Å². The van der Waals surface area contributed by atoms with E-state index < -0.39 is 4.92 Å². The van der Waals surface area contributed by atoms with Crippen LogP contribution in [0.4, 0.5) is 5.69 Å². The highest BCUT2D eigenvalue weighted by Gasteiger charge is 2.19. The Labute approximate surface area is 103 Å². The van der Waals surface area contributed by atoms with Gasteiger partial charge in [0.2, 0.25) is 5.88 Å². The number of hydrogen-bond acceptors (Lipinski definition) is 5. The summed E-state index contributed by atoms with van der Waals surface area (Å²) in [6.45, 7) is 1.85. The Morgan fingerprint density at radius 3 is 2.56 bits per heavy atom. The molecule has 0 bridgehead atoms. The lowest BCUT2D eigenvalue weighted by molar-refractivity contribution is -0.383. The van der Waals surface area contributed by atoms with Gasteiger partial charge in [-0.15, -0.1) is 0 Å². The fourth-order valence-corrected chi connectivity index (χ4v) is 1.84. The van der Waals surface area contributed by atoms with E-state index >= 15 is 0 Å². The summed E-state index contributed by atoms with van der Waals surface area (Å²) in [5.41, 5.74) is 1.08. The number of rotatable bonds is 3. The van der Waals surface area contributed by atoms with Crippen LogP contribution in [0, 0.1) is 17.0 Å². The van der Waals surface area contributed by atoms with Crippen LogP contribution in [-0.4, -0.2) is 24.1 Å². The smallest absolute Gasteiger partial charge is 0.295 e. The lowest BCUT2D eigenvalue weighted by Gasteiger charge is -2.10. The lowest BCUT2D eigenvalue weighted by atomic mass is 10.1. The summed E-state index contributed by atoms with van der Waals surface area (Å²) >= 11 is 0. The molecule has 2 aromatic rings. The zero-order valence-electron chi connectivity index (χ0n) is 10.3. The van der Waals surface area contributed by atoms with Crippen LogP contribution in [0.3, 0.4) is 0 Å². The average molecular weight is 248 g/mol. The molecule has 0 saturated carbocycles. The zero-order chi connectivity index (χ0) is 13.3. The second-order valence-electron chi connectivity index (χ2n) is 3.75. The van der Waals surface area contributed by atoms with Crippen molar-refractivity contribution in [2.45, 2.75) is 6.92 Å². The Balaban J connectivity index is 2.92. The molecule has 0 unspecified atom stereocenters. The quantitative estimate of drug-likeness (QED) is 0.616. The molecule has 0 aliphatic heterocycles. The van der Waals surface area contributed by atoms with Crippen molar-refractivity contribution in [2.24, 2.45) is 0 Å². The number of aromatic nitrogens is 1. The van der Waals surface area contributed by atoms with Crippen LogP contribution in [0.1, 0.15) is 5.56 Å². The minimum Gasteiger partial charge on any atom is -0.496 e. The van der Waals surface area contributed by atoms with E-state index in [2.05, 4.69) is 4.98 Å². The van der Waals surface area contributed by atoms with Gasteiger partial charge in [-0.05, 0) is 12.5 Å². The molecule has 1 aromatic carbocycles. The molecule has 0 fully saturated rings. The standard InChI is InChI=1S/C12H12N2O4/c1-7-4-5-8(14(15)16)12-11(7)9(17-2)6-10(13-12)18-3/h4-6H,1-3H3. The van der Waals surface area contributed by atoms with E-state index in [0.717, 1.165) is 5.56 Å². The number of benzene rings is 1. The number of nitrogens with zero attached hydrogens (tertiary/aromatic N) is 2. The Kier molecular flexibility index (Phi) is 3.01. The van der Waals surface area contributed by atoms with Gasteiger partial charge in [0.25, 0.3) is 5.69 Å². The van der Waals surface area contributed by atoms with E-state index in [1.165, 1.54) is 20.3 Å². The highest BCUT2D eigenvalue weighted by Crippen LogP contribution is 2.35. The molecule has 2 rings (SSSR count). The third-order valence-corrected chi connectivity index (χ3v) is 2.71. The SMILES string of the molecule is COc1cc(OC)c2c(C)ccc([N+](=O)[O-])c2n1. The van der Waals surface area contributed by atoms with Gasteiger partial charge in [-0.2, -0.15) is 0 Å². The highest BCUT2D eigenvalue weighted by atomic mass is 16.6. The van der Waals surface area contributed by atoms with Crippen LogP contribution in [0.2, 0.25) is 0 Å². The fourth-order valence-electron chi connectivity index (χ4n) is 1.84. The van der Waals surface area contributed by atoms with Crippen LogP contribution in [0.5, 0.6) is 11.6 Å². The summed E-state index contributed by atoms with van der Waals surface area (Å²) in [4.78, 5) is 14.7. The summed E-state index contributed by atoms with van der Waals surface area (Å²) in [7, 11) is 2.96. The van der Waals surface area contributed by atoms with E-state index in [-0.39, 0.29) is 17.1 Å². The van der Waals surface area contributed by atoms with Crippen molar-refractivity contribution in [3.05, 3.63) is 33.9 Å². The Morgan fingerprint density at radius 1 is 1.28 bits per heavy atom. The monoisotopic (exact) mass is 248 g/mol. The predicted molar refractivity (Wildman–Crippen MR) is 66.2 cm³/mol. The van der Waals surface area contributed by atoms with Crippen molar-refractivity contribution in [1.29, 1.82) is 0 Å². The first kappa shape index (κ1) is 12.1. The van der Waals surface area contributed by atoms with Crippen LogP contribution in [-0.2, 0) is 0 Å². The molecular weight excluding hydrogens is 236 g/mol. The molecule has 1 aromatic heterocycles. The number of aryl methyl sites for hydroxylation is 1. The minimum atomic E-state index is -0.465.